The fourth-order valence-corrected chi connectivity index (χ4v) is 17.4. The summed E-state index contributed by atoms with van der Waals surface area (Å²) in [4.78, 5) is 0. The van der Waals surface area contributed by atoms with Crippen molar-refractivity contribution in [2.45, 2.75) is 147 Å². The monoisotopic (exact) mass is 2090 g/mol. The molecule has 119 heavy (non-hydrogen) atoms. The minimum absolute atomic E-state index is 2.18. The average molecular weight is 2090 g/mol. The van der Waals surface area contributed by atoms with Crippen molar-refractivity contribution in [3.8, 4) is 0 Å². The van der Waals surface area contributed by atoms with E-state index in [2.05, 4.69) is 66.9 Å². The van der Waals surface area contributed by atoms with E-state index in [1.807, 2.05) is 0 Å². The smallest absolute Gasteiger partial charge is 0.364 e. The van der Waals surface area contributed by atoms with Crippen LogP contribution in [-0.2, 0) is 276 Å². The van der Waals surface area contributed by atoms with Crippen molar-refractivity contribution < 1.29 is 317 Å². The minimum Gasteiger partial charge on any atom is -0.364 e. The van der Waals surface area contributed by atoms with Crippen LogP contribution in [0.25, 0.3) is 0 Å². The van der Waals surface area contributed by atoms with Gasteiger partial charge >= 0.3 is 166 Å². The summed E-state index contributed by atoms with van der Waals surface area (Å²) >= 11 is 0. The standard InChI is InChI=1S/C30H52O73S16/c31-104(32,33)81-3-9-13(90-29-25(102-118(73,74)75)21(98-114(61,62)63)17(94-110(49,50)51)11(88-29)5-83-106(37,38)39)19(96-112(55,56)57)23(100-116(67,68)69)27(86-9)79-1-7-15(92-108(43,44)45)16(93-109(46,47)48)8(85-7)2-80-28-24(101-117(70,71)72)20(97-113(58,59)60)14(10(87-28)4-82-105(34,35)36)91-30-26(103-119(76,77)78)22(99-115(64,65)66)18(95-111(52,53)54)12(89-30)6-84-107(40,41)42/h7-30H,1-6H2,(H,31,32,33)(H,34,35,36)(H,37,38,39)(H,40,41,42)(H,43,44,45)(H,46,47,48)(H,49,50,51)(H,52,53,54)(H,55,56,57)(H,58,59,60)(H,61,62,63)(H,64,65,66)(H,67,68,69)(H,70,71,72)(H,73,74,75)(H,76,77,78)/t7-,8-,9-,10-,11-,12-,13-,14-,15-,16-,17-,18-,19+,20+,21+,22+,23-,24-,25-,26-,27-,28-,29-,30-/m1/s1. The van der Waals surface area contributed by atoms with Crippen LogP contribution in [0.5, 0.6) is 0 Å². The Morgan fingerprint density at radius 1 is 0.160 bits per heavy atom. The molecule has 16 N–H and O–H groups in total. The lowest BCUT2D eigenvalue weighted by Crippen LogP contribution is -2.67. The lowest BCUT2D eigenvalue weighted by Gasteiger charge is -2.48. The number of hydrogen-bond donors (Lipinski definition) is 16. The van der Waals surface area contributed by atoms with Crippen LogP contribution >= 0.6 is 0 Å². The predicted molar refractivity (Wildman–Crippen MR) is 332 cm³/mol. The summed E-state index contributed by atoms with van der Waals surface area (Å²) in [7, 11) is -103. The van der Waals surface area contributed by atoms with Crippen LogP contribution in [0.4, 0.5) is 0 Å². The maximum Gasteiger partial charge on any atom is 0.397 e. The number of hydrogen-bond acceptors (Lipinski definition) is 57. The molecule has 5 aliphatic rings. The van der Waals surface area contributed by atoms with E-state index < -0.39 is 353 Å². The largest absolute Gasteiger partial charge is 0.397 e. The van der Waals surface area contributed by atoms with Gasteiger partial charge in [0, 0.05) is 0 Å². The third kappa shape index (κ3) is 39.0. The molecule has 24 atom stereocenters. The summed E-state index contributed by atoms with van der Waals surface area (Å²) in [6.45, 7) is -13.3. The molecule has 0 aromatic rings. The van der Waals surface area contributed by atoms with Crippen molar-refractivity contribution in [1.29, 1.82) is 0 Å². The first-order valence-corrected chi connectivity index (χ1v) is 49.9. The SMILES string of the molecule is O=S(=O)(O)OC[C@H]1O[C@@H](OC[C@H]2O[C@H](CO[C@@H]3O[C@H](COS(=O)(=O)O)[C@@H](O[C@H]4O[C@H](COS(=O)(=O)O)[C@@H](OS(=O)(=O)O)[C@H](OS(=O)(=O)O)[C@H]4OS(=O)(=O)O)[C@H](OS(=O)(=O)O)[C@H]3OS(=O)(=O)O)[C@@H](OS(=O)(=O)O)[C@@H]2OS(=O)(=O)O)[C@H](OS(=O)(=O)O)[C@@H](OS(=O)(=O)O)[C@@H]1O[C@H]1O[C@H](COS(=O)(=O)O)[C@@H](OS(=O)(=O)O)[C@H](OS(=O)(=O)O)[C@H]1OS(=O)(=O)O. The van der Waals surface area contributed by atoms with Crippen molar-refractivity contribution in [3.63, 3.8) is 0 Å². The Bertz CT molecular complexity index is 5180. The molecule has 0 radical (unpaired) electrons. The van der Waals surface area contributed by atoms with E-state index in [1.54, 1.807) is 0 Å². The average Bonchev–Trinajstić information content (AvgIpc) is 1.13. The van der Waals surface area contributed by atoms with Crippen LogP contribution in [0, 0.1) is 0 Å². The summed E-state index contributed by atoms with van der Waals surface area (Å²) < 4.78 is 663. The van der Waals surface area contributed by atoms with Gasteiger partial charge < -0.3 is 42.6 Å². The van der Waals surface area contributed by atoms with Crippen molar-refractivity contribution in [2.24, 2.45) is 0 Å². The molecule has 0 saturated carbocycles. The Morgan fingerprint density at radius 3 is 0.496 bits per heavy atom. The third-order valence-electron chi connectivity index (χ3n) is 13.5. The topological polar surface area (TPSA) is 1100 Å². The zero-order chi connectivity index (χ0) is 91.8. The molecule has 0 aromatic carbocycles. The molecule has 0 unspecified atom stereocenters. The minimum atomic E-state index is -6.68. The molecule has 73 nitrogen and oxygen atoms in total. The second-order valence-electron chi connectivity index (χ2n) is 22.0. The van der Waals surface area contributed by atoms with E-state index >= 15 is 0 Å². The predicted octanol–water partition coefficient (Wildman–Crippen LogP) is -14.0. The molecule has 0 aliphatic carbocycles. The highest BCUT2D eigenvalue weighted by molar-refractivity contribution is 7.84. The molecule has 0 spiro atoms. The van der Waals surface area contributed by atoms with Gasteiger partial charge in [-0.15, -0.1) is 0 Å². The fourth-order valence-electron chi connectivity index (χ4n) is 10.2. The molecule has 5 saturated heterocycles. The van der Waals surface area contributed by atoms with Gasteiger partial charge in [-0.05, 0) is 0 Å². The molecule has 5 fully saturated rings. The summed E-state index contributed by atoms with van der Waals surface area (Å²) in [6.07, 6.45) is -83.9. The highest BCUT2D eigenvalue weighted by atomic mass is 32.3. The van der Waals surface area contributed by atoms with E-state index in [9.17, 15) is 208 Å². The maximum absolute atomic E-state index is 12.7. The first kappa shape index (κ1) is 107. The lowest BCUT2D eigenvalue weighted by atomic mass is 9.97. The molecule has 706 valence electrons. The van der Waals surface area contributed by atoms with Gasteiger partial charge in [-0.1, -0.05) is 0 Å². The van der Waals surface area contributed by atoms with E-state index in [1.165, 1.54) is 0 Å². The van der Waals surface area contributed by atoms with E-state index in [4.69, 9.17) is 42.6 Å². The molecule has 0 bridgehead atoms. The lowest BCUT2D eigenvalue weighted by molar-refractivity contribution is -0.351. The summed E-state index contributed by atoms with van der Waals surface area (Å²) in [5.41, 5.74) is 0. The van der Waals surface area contributed by atoms with Gasteiger partial charge in [-0.25, -0.2) is 66.9 Å². The Balaban J connectivity index is 1.75. The fraction of sp³-hybridized carbons (Fsp3) is 1.00. The van der Waals surface area contributed by atoms with Gasteiger partial charge in [0.25, 0.3) is 0 Å². The Labute approximate surface area is 666 Å². The highest BCUT2D eigenvalue weighted by Crippen LogP contribution is 2.42. The summed E-state index contributed by atoms with van der Waals surface area (Å²) in [5.74, 6) is 0. The number of rotatable bonds is 46. The molecular weight excluding hydrogens is 2040 g/mol. The van der Waals surface area contributed by atoms with Crippen molar-refractivity contribution >= 4 is 166 Å². The Morgan fingerprint density at radius 2 is 0.303 bits per heavy atom. The van der Waals surface area contributed by atoms with Crippen LogP contribution < -0.4 is 0 Å². The Hall–Kier alpha value is -2.44. The van der Waals surface area contributed by atoms with Gasteiger partial charge in [-0.2, -0.15) is 135 Å². The quantitative estimate of drug-likeness (QED) is 0.0252. The van der Waals surface area contributed by atoms with E-state index in [0.29, 0.717) is 0 Å². The van der Waals surface area contributed by atoms with E-state index in [-0.39, 0.29) is 0 Å². The van der Waals surface area contributed by atoms with Gasteiger partial charge in [0.2, 0.25) is 0 Å². The molecule has 89 heteroatoms. The van der Waals surface area contributed by atoms with Gasteiger partial charge in [0.1, 0.15) is 97.7 Å². The van der Waals surface area contributed by atoms with Crippen LogP contribution in [0.2, 0.25) is 0 Å². The first-order chi connectivity index (χ1) is 52.9. The second-order valence-corrected chi connectivity index (χ2v) is 38.9. The third-order valence-corrected chi connectivity index (χ3v) is 20.8. The zero-order valence-corrected chi connectivity index (χ0v) is 68.1. The van der Waals surface area contributed by atoms with Gasteiger partial charge in [0.05, 0.1) is 39.6 Å². The maximum atomic E-state index is 12.7. The van der Waals surface area contributed by atoms with Gasteiger partial charge in [-0.3, -0.25) is 72.8 Å². The van der Waals surface area contributed by atoms with Crippen LogP contribution in [0.3, 0.4) is 0 Å². The Kier molecular flexibility index (Phi) is 35.3. The second kappa shape index (κ2) is 39.3. The molecule has 5 rings (SSSR count). The first-order valence-electron chi connectivity index (χ1n) is 28.0. The van der Waals surface area contributed by atoms with Crippen molar-refractivity contribution in [1.82, 2.24) is 0 Å². The highest BCUT2D eigenvalue weighted by Gasteiger charge is 2.63. The van der Waals surface area contributed by atoms with Crippen molar-refractivity contribution in [2.75, 3.05) is 39.6 Å². The molecule has 5 heterocycles. The number of ether oxygens (including phenoxy) is 9. The molecule has 5 aliphatic heterocycles. The molecule has 0 amide bonds. The molecular formula is C30H52O73S16. The van der Waals surface area contributed by atoms with Gasteiger partial charge in [0.15, 0.2) is 49.6 Å². The summed E-state index contributed by atoms with van der Waals surface area (Å²) in [6, 6.07) is 0. The summed E-state index contributed by atoms with van der Waals surface area (Å²) in [5, 5.41) is 0. The van der Waals surface area contributed by atoms with Crippen LogP contribution in [0.15, 0.2) is 0 Å². The molecule has 0 aromatic heterocycles. The van der Waals surface area contributed by atoms with E-state index in [0.717, 1.165) is 0 Å². The van der Waals surface area contributed by atoms with Crippen molar-refractivity contribution in [3.05, 3.63) is 0 Å². The van der Waals surface area contributed by atoms with Crippen LogP contribution in [-0.4, -0.2) is 394 Å². The zero-order valence-electron chi connectivity index (χ0n) is 55.1. The van der Waals surface area contributed by atoms with Crippen LogP contribution in [0.1, 0.15) is 0 Å². The normalized spacial score (nSPS) is 32.8.